The molecule has 5 nitrogen and oxygen atoms in total. The van der Waals surface area contributed by atoms with Crippen molar-refractivity contribution in [2.75, 3.05) is 32.7 Å². The Morgan fingerprint density at radius 1 is 1.16 bits per heavy atom. The number of hydrogen-bond acceptors (Lipinski definition) is 4. The summed E-state index contributed by atoms with van der Waals surface area (Å²) in [6.45, 7) is 11.2. The summed E-state index contributed by atoms with van der Waals surface area (Å²) in [5, 5.41) is 0. The zero-order valence-corrected chi connectivity index (χ0v) is 12.7. The SMILES string of the molecule is CC(C)CCCCN1CCN(C(=O)C(C)NN)CC1. The van der Waals surface area contributed by atoms with Gasteiger partial charge >= 0.3 is 0 Å². The third-order valence-electron chi connectivity index (χ3n) is 3.81. The number of carbonyl (C=O) groups is 1. The van der Waals surface area contributed by atoms with Crippen LogP contribution in [0.2, 0.25) is 0 Å². The van der Waals surface area contributed by atoms with Crippen LogP contribution >= 0.6 is 0 Å². The number of piperazine rings is 1. The standard InChI is InChI=1S/C14H30N4O/c1-12(2)6-4-5-7-17-8-10-18(11-9-17)14(19)13(3)16-15/h12-13,16H,4-11,15H2,1-3H3. The summed E-state index contributed by atoms with van der Waals surface area (Å²) < 4.78 is 0. The van der Waals surface area contributed by atoms with Crippen molar-refractivity contribution < 1.29 is 4.79 Å². The molecule has 1 saturated heterocycles. The van der Waals surface area contributed by atoms with Crippen LogP contribution in [0, 0.1) is 5.92 Å². The molecule has 1 amide bonds. The smallest absolute Gasteiger partial charge is 0.240 e. The van der Waals surface area contributed by atoms with E-state index in [1.165, 1.54) is 25.8 Å². The highest BCUT2D eigenvalue weighted by atomic mass is 16.2. The van der Waals surface area contributed by atoms with E-state index in [0.717, 1.165) is 32.1 Å². The quantitative estimate of drug-likeness (QED) is 0.408. The Hall–Kier alpha value is -0.650. The van der Waals surface area contributed by atoms with Crippen LogP contribution < -0.4 is 11.3 Å². The van der Waals surface area contributed by atoms with Crippen molar-refractivity contribution in [3.05, 3.63) is 0 Å². The Morgan fingerprint density at radius 3 is 2.32 bits per heavy atom. The largest absolute Gasteiger partial charge is 0.339 e. The van der Waals surface area contributed by atoms with E-state index < -0.39 is 0 Å². The molecule has 0 radical (unpaired) electrons. The van der Waals surface area contributed by atoms with Gasteiger partial charge in [-0.2, -0.15) is 0 Å². The third kappa shape index (κ3) is 5.89. The summed E-state index contributed by atoms with van der Waals surface area (Å²) in [4.78, 5) is 16.3. The number of unbranched alkanes of at least 4 members (excludes halogenated alkanes) is 1. The molecule has 1 heterocycles. The van der Waals surface area contributed by atoms with Crippen molar-refractivity contribution in [2.24, 2.45) is 11.8 Å². The van der Waals surface area contributed by atoms with Gasteiger partial charge in [-0.15, -0.1) is 0 Å². The van der Waals surface area contributed by atoms with Crippen molar-refractivity contribution in [3.63, 3.8) is 0 Å². The second-order valence-electron chi connectivity index (χ2n) is 5.94. The highest BCUT2D eigenvalue weighted by Crippen LogP contribution is 2.09. The zero-order valence-electron chi connectivity index (χ0n) is 12.7. The Labute approximate surface area is 117 Å². The minimum atomic E-state index is -0.280. The zero-order chi connectivity index (χ0) is 14.3. The van der Waals surface area contributed by atoms with E-state index in [1.807, 2.05) is 4.90 Å². The number of rotatable bonds is 7. The van der Waals surface area contributed by atoms with Crippen LogP contribution in [-0.2, 0) is 4.79 Å². The van der Waals surface area contributed by atoms with E-state index in [2.05, 4.69) is 24.2 Å². The second kappa shape index (κ2) is 8.51. The molecule has 0 bridgehead atoms. The molecule has 3 N–H and O–H groups in total. The molecule has 0 saturated carbocycles. The summed E-state index contributed by atoms with van der Waals surface area (Å²) in [5.41, 5.74) is 2.52. The van der Waals surface area contributed by atoms with Gasteiger partial charge in [0.2, 0.25) is 5.91 Å². The first kappa shape index (κ1) is 16.4. The monoisotopic (exact) mass is 270 g/mol. The van der Waals surface area contributed by atoms with Crippen LogP contribution in [-0.4, -0.2) is 54.5 Å². The Balaban J connectivity index is 2.16. The van der Waals surface area contributed by atoms with Crippen molar-refractivity contribution in [3.8, 4) is 0 Å². The normalized spacial score (nSPS) is 18.9. The third-order valence-corrected chi connectivity index (χ3v) is 3.81. The van der Waals surface area contributed by atoms with Gasteiger partial charge in [0.15, 0.2) is 0 Å². The van der Waals surface area contributed by atoms with E-state index >= 15 is 0 Å². The number of hydrazine groups is 1. The summed E-state index contributed by atoms with van der Waals surface area (Å²) in [6.07, 6.45) is 3.90. The molecule has 1 unspecified atom stereocenters. The molecule has 112 valence electrons. The van der Waals surface area contributed by atoms with Crippen molar-refractivity contribution in [1.82, 2.24) is 15.2 Å². The highest BCUT2D eigenvalue weighted by Gasteiger charge is 2.23. The van der Waals surface area contributed by atoms with Gasteiger partial charge in [-0.3, -0.25) is 15.5 Å². The van der Waals surface area contributed by atoms with Gasteiger partial charge in [0.1, 0.15) is 0 Å². The minimum absolute atomic E-state index is 0.113. The maximum atomic E-state index is 11.9. The van der Waals surface area contributed by atoms with Crippen LogP contribution in [0.3, 0.4) is 0 Å². The van der Waals surface area contributed by atoms with Gasteiger partial charge < -0.3 is 4.90 Å². The van der Waals surface area contributed by atoms with Crippen molar-refractivity contribution in [2.45, 2.75) is 46.1 Å². The molecule has 1 rings (SSSR count). The number of amides is 1. The lowest BCUT2D eigenvalue weighted by Crippen LogP contribution is -2.54. The average Bonchev–Trinajstić information content (AvgIpc) is 2.42. The molecule has 1 aliphatic rings. The van der Waals surface area contributed by atoms with Crippen molar-refractivity contribution >= 4 is 5.91 Å². The van der Waals surface area contributed by atoms with Crippen LogP contribution in [0.25, 0.3) is 0 Å². The molecule has 0 aliphatic carbocycles. The Kier molecular flexibility index (Phi) is 7.34. The van der Waals surface area contributed by atoms with Crippen molar-refractivity contribution in [1.29, 1.82) is 0 Å². The van der Waals surface area contributed by atoms with E-state index in [1.54, 1.807) is 6.92 Å². The van der Waals surface area contributed by atoms with Crippen LogP contribution in [0.5, 0.6) is 0 Å². The number of hydrogen-bond donors (Lipinski definition) is 2. The number of carbonyl (C=O) groups excluding carboxylic acids is 1. The van der Waals surface area contributed by atoms with Gasteiger partial charge in [0.25, 0.3) is 0 Å². The number of nitrogens with one attached hydrogen (secondary N) is 1. The van der Waals surface area contributed by atoms with Crippen LogP contribution in [0.1, 0.15) is 40.0 Å². The first-order chi connectivity index (χ1) is 9.04. The van der Waals surface area contributed by atoms with Gasteiger partial charge in [-0.1, -0.05) is 26.7 Å². The van der Waals surface area contributed by atoms with E-state index in [-0.39, 0.29) is 11.9 Å². The molecule has 0 aromatic carbocycles. The van der Waals surface area contributed by atoms with Crippen LogP contribution in [0.4, 0.5) is 0 Å². The molecule has 0 aromatic heterocycles. The van der Waals surface area contributed by atoms with E-state index in [0.29, 0.717) is 0 Å². The topological polar surface area (TPSA) is 61.6 Å². The summed E-state index contributed by atoms with van der Waals surface area (Å²) in [5.74, 6) is 6.22. The fourth-order valence-electron chi connectivity index (χ4n) is 2.43. The number of nitrogens with zero attached hydrogens (tertiary/aromatic N) is 2. The lowest BCUT2D eigenvalue weighted by atomic mass is 10.1. The summed E-state index contributed by atoms with van der Waals surface area (Å²) >= 11 is 0. The average molecular weight is 270 g/mol. The lowest BCUT2D eigenvalue weighted by Gasteiger charge is -2.35. The molecule has 0 aromatic rings. The maximum absolute atomic E-state index is 11.9. The summed E-state index contributed by atoms with van der Waals surface area (Å²) in [7, 11) is 0. The molecular weight excluding hydrogens is 240 g/mol. The van der Waals surface area contributed by atoms with Gasteiger partial charge in [0, 0.05) is 26.2 Å². The maximum Gasteiger partial charge on any atom is 0.240 e. The summed E-state index contributed by atoms with van der Waals surface area (Å²) in [6, 6.07) is -0.280. The van der Waals surface area contributed by atoms with E-state index in [4.69, 9.17) is 5.84 Å². The molecule has 1 fully saturated rings. The van der Waals surface area contributed by atoms with Gasteiger partial charge in [-0.25, -0.2) is 5.43 Å². The van der Waals surface area contributed by atoms with Gasteiger partial charge in [-0.05, 0) is 25.8 Å². The molecule has 5 heteroatoms. The second-order valence-corrected chi connectivity index (χ2v) is 5.94. The Bertz CT molecular complexity index is 262. The van der Waals surface area contributed by atoms with Crippen LogP contribution in [0.15, 0.2) is 0 Å². The predicted molar refractivity (Wildman–Crippen MR) is 78.5 cm³/mol. The first-order valence-electron chi connectivity index (χ1n) is 7.52. The highest BCUT2D eigenvalue weighted by molar-refractivity contribution is 5.81. The molecular formula is C14H30N4O. The fraction of sp³-hybridized carbons (Fsp3) is 0.929. The number of nitrogens with two attached hydrogens (primary N) is 1. The molecule has 19 heavy (non-hydrogen) atoms. The molecule has 1 aliphatic heterocycles. The van der Waals surface area contributed by atoms with E-state index in [9.17, 15) is 4.79 Å². The predicted octanol–water partition coefficient (Wildman–Crippen LogP) is 0.809. The lowest BCUT2D eigenvalue weighted by molar-refractivity contribution is -0.134. The van der Waals surface area contributed by atoms with Gasteiger partial charge in [0.05, 0.1) is 6.04 Å². The molecule has 0 spiro atoms. The first-order valence-corrected chi connectivity index (χ1v) is 7.52. The fourth-order valence-corrected chi connectivity index (χ4v) is 2.43. The minimum Gasteiger partial charge on any atom is -0.339 e. The Morgan fingerprint density at radius 2 is 1.79 bits per heavy atom. The molecule has 1 atom stereocenters.